The number of anilines is 3. The van der Waals surface area contributed by atoms with Crippen LogP contribution in [0, 0.1) is 6.92 Å². The second-order valence-electron chi connectivity index (χ2n) is 4.77. The molecule has 5 nitrogen and oxygen atoms in total. The number of rotatable bonds is 3. The molecule has 21 heavy (non-hydrogen) atoms. The highest BCUT2D eigenvalue weighted by Gasteiger charge is 2.08. The average Bonchev–Trinajstić information content (AvgIpc) is 2.50. The Morgan fingerprint density at radius 2 is 1.95 bits per heavy atom. The molecule has 0 unspecified atom stereocenters. The summed E-state index contributed by atoms with van der Waals surface area (Å²) in [4.78, 5) is 8.58. The number of ether oxygens (including phenoxy) is 1. The summed E-state index contributed by atoms with van der Waals surface area (Å²) in [5.74, 6) is 1.40. The second-order valence-corrected chi connectivity index (χ2v) is 4.77. The molecule has 0 saturated carbocycles. The molecule has 0 amide bonds. The molecular weight excluding hydrogens is 264 g/mol. The third-order valence-corrected chi connectivity index (χ3v) is 3.37. The van der Waals surface area contributed by atoms with Gasteiger partial charge in [-0.05, 0) is 30.7 Å². The molecule has 0 spiro atoms. The van der Waals surface area contributed by atoms with Crippen LogP contribution in [0.5, 0.6) is 5.75 Å². The Balaban J connectivity index is 2.07. The molecule has 5 heteroatoms. The van der Waals surface area contributed by atoms with Crippen molar-refractivity contribution in [2.24, 2.45) is 0 Å². The van der Waals surface area contributed by atoms with Gasteiger partial charge in [0.15, 0.2) is 0 Å². The van der Waals surface area contributed by atoms with Crippen LogP contribution < -0.4 is 15.8 Å². The van der Waals surface area contributed by atoms with E-state index in [0.717, 1.165) is 28.0 Å². The quantitative estimate of drug-likeness (QED) is 0.720. The van der Waals surface area contributed by atoms with E-state index in [-0.39, 0.29) is 0 Å². The lowest BCUT2D eigenvalue weighted by Crippen LogP contribution is -2.00. The smallest absolute Gasteiger partial charge is 0.143 e. The molecule has 1 aromatic heterocycles. The van der Waals surface area contributed by atoms with Gasteiger partial charge in [-0.1, -0.05) is 12.1 Å². The van der Waals surface area contributed by atoms with E-state index >= 15 is 0 Å². The molecule has 0 fully saturated rings. The number of nitrogens with one attached hydrogen (secondary N) is 1. The fraction of sp³-hybridized carbons (Fsp3) is 0.125. The summed E-state index contributed by atoms with van der Waals surface area (Å²) in [5, 5.41) is 4.30. The Labute approximate surface area is 122 Å². The van der Waals surface area contributed by atoms with Crippen LogP contribution in [-0.2, 0) is 0 Å². The summed E-state index contributed by atoms with van der Waals surface area (Å²) in [5.41, 5.74) is 9.35. The molecule has 106 valence electrons. The van der Waals surface area contributed by atoms with Crippen LogP contribution in [0.3, 0.4) is 0 Å². The van der Waals surface area contributed by atoms with Crippen molar-refractivity contribution in [3.8, 4) is 5.75 Å². The van der Waals surface area contributed by atoms with E-state index in [1.165, 1.54) is 0 Å². The van der Waals surface area contributed by atoms with Gasteiger partial charge < -0.3 is 15.8 Å². The van der Waals surface area contributed by atoms with Crippen LogP contribution in [-0.4, -0.2) is 17.1 Å². The van der Waals surface area contributed by atoms with Crippen molar-refractivity contribution in [2.75, 3.05) is 18.2 Å². The van der Waals surface area contributed by atoms with Crippen molar-refractivity contribution in [3.05, 3.63) is 48.3 Å². The number of aryl methyl sites for hydroxylation is 1. The molecule has 0 radical (unpaired) electrons. The molecule has 0 aliphatic rings. The summed E-state index contributed by atoms with van der Waals surface area (Å²) >= 11 is 0. The van der Waals surface area contributed by atoms with Gasteiger partial charge in [-0.25, -0.2) is 9.97 Å². The van der Waals surface area contributed by atoms with E-state index in [1.807, 2.05) is 43.3 Å². The van der Waals surface area contributed by atoms with Gasteiger partial charge in [0, 0.05) is 17.1 Å². The monoisotopic (exact) mass is 280 g/mol. The Hall–Kier alpha value is -2.82. The van der Waals surface area contributed by atoms with Gasteiger partial charge in [-0.2, -0.15) is 0 Å². The Bertz CT molecular complexity index is 796. The third kappa shape index (κ3) is 2.45. The minimum Gasteiger partial charge on any atom is -0.495 e. The predicted octanol–water partition coefficient (Wildman–Crippen LogP) is 3.27. The van der Waals surface area contributed by atoms with Gasteiger partial charge in [0.2, 0.25) is 0 Å². The number of fused-ring (bicyclic) bond motifs is 1. The lowest BCUT2D eigenvalue weighted by Gasteiger charge is -2.13. The maximum Gasteiger partial charge on any atom is 0.143 e. The zero-order valence-electron chi connectivity index (χ0n) is 11.9. The number of nitrogen functional groups attached to an aromatic ring is 1. The fourth-order valence-corrected chi connectivity index (χ4v) is 2.25. The SMILES string of the molecule is COc1cc(Nc2ncnc3ccccc23)c(C)cc1N. The van der Waals surface area contributed by atoms with Crippen LogP contribution in [0.2, 0.25) is 0 Å². The molecule has 3 rings (SSSR count). The van der Waals surface area contributed by atoms with Crippen molar-refractivity contribution in [1.82, 2.24) is 9.97 Å². The van der Waals surface area contributed by atoms with E-state index in [1.54, 1.807) is 13.4 Å². The molecule has 3 N–H and O–H groups in total. The van der Waals surface area contributed by atoms with Gasteiger partial charge in [0.05, 0.1) is 18.3 Å². The third-order valence-electron chi connectivity index (χ3n) is 3.37. The van der Waals surface area contributed by atoms with E-state index in [0.29, 0.717) is 11.4 Å². The summed E-state index contributed by atoms with van der Waals surface area (Å²) in [6.45, 7) is 1.99. The minimum absolute atomic E-state index is 0.619. The average molecular weight is 280 g/mol. The van der Waals surface area contributed by atoms with Crippen molar-refractivity contribution >= 4 is 28.1 Å². The zero-order valence-corrected chi connectivity index (χ0v) is 11.9. The van der Waals surface area contributed by atoms with E-state index < -0.39 is 0 Å². The fourth-order valence-electron chi connectivity index (χ4n) is 2.25. The highest BCUT2D eigenvalue weighted by Crippen LogP contribution is 2.31. The van der Waals surface area contributed by atoms with Crippen molar-refractivity contribution in [2.45, 2.75) is 6.92 Å². The highest BCUT2D eigenvalue weighted by molar-refractivity contribution is 5.91. The van der Waals surface area contributed by atoms with E-state index in [2.05, 4.69) is 15.3 Å². The molecule has 0 aliphatic carbocycles. The lowest BCUT2D eigenvalue weighted by atomic mass is 10.1. The highest BCUT2D eigenvalue weighted by atomic mass is 16.5. The summed E-state index contributed by atoms with van der Waals surface area (Å²) < 4.78 is 5.27. The molecule has 0 aliphatic heterocycles. The number of hydrogen-bond donors (Lipinski definition) is 2. The topological polar surface area (TPSA) is 73.1 Å². The Kier molecular flexibility index (Phi) is 3.31. The molecule has 1 heterocycles. The van der Waals surface area contributed by atoms with Crippen molar-refractivity contribution in [1.29, 1.82) is 0 Å². The number of aromatic nitrogens is 2. The first-order valence-electron chi connectivity index (χ1n) is 6.60. The standard InChI is InChI=1S/C16H16N4O/c1-10-7-12(17)15(21-2)8-14(10)20-16-11-5-3-4-6-13(11)18-9-19-16/h3-9H,17H2,1-2H3,(H,18,19,20). The number of nitrogens with zero attached hydrogens (tertiary/aromatic N) is 2. The zero-order chi connectivity index (χ0) is 14.8. The summed E-state index contributed by atoms with van der Waals surface area (Å²) in [6.07, 6.45) is 1.55. The number of benzene rings is 2. The first-order valence-corrected chi connectivity index (χ1v) is 6.60. The van der Waals surface area contributed by atoms with Crippen LogP contribution in [0.4, 0.5) is 17.2 Å². The first kappa shape index (κ1) is 13.2. The van der Waals surface area contributed by atoms with Crippen molar-refractivity contribution in [3.63, 3.8) is 0 Å². The minimum atomic E-state index is 0.619. The Morgan fingerprint density at radius 3 is 2.76 bits per heavy atom. The molecular formula is C16H16N4O. The molecule has 0 saturated heterocycles. The van der Waals surface area contributed by atoms with Gasteiger partial charge in [-0.3, -0.25) is 0 Å². The first-order chi connectivity index (χ1) is 10.2. The molecule has 0 bridgehead atoms. The number of nitrogens with two attached hydrogens (primary N) is 1. The second kappa shape index (κ2) is 5.28. The van der Waals surface area contributed by atoms with Crippen molar-refractivity contribution < 1.29 is 4.74 Å². The normalized spacial score (nSPS) is 10.6. The van der Waals surface area contributed by atoms with Gasteiger partial charge in [0.1, 0.15) is 17.9 Å². The van der Waals surface area contributed by atoms with Gasteiger partial charge >= 0.3 is 0 Å². The van der Waals surface area contributed by atoms with Crippen LogP contribution in [0.15, 0.2) is 42.7 Å². The molecule has 0 atom stereocenters. The number of para-hydroxylation sites is 1. The summed E-state index contributed by atoms with van der Waals surface area (Å²) in [6, 6.07) is 11.6. The predicted molar refractivity (Wildman–Crippen MR) is 85.0 cm³/mol. The Morgan fingerprint density at radius 1 is 1.14 bits per heavy atom. The lowest BCUT2D eigenvalue weighted by molar-refractivity contribution is 0.417. The number of hydrogen-bond acceptors (Lipinski definition) is 5. The van der Waals surface area contributed by atoms with Gasteiger partial charge in [0.25, 0.3) is 0 Å². The van der Waals surface area contributed by atoms with E-state index in [4.69, 9.17) is 10.5 Å². The number of methoxy groups -OCH3 is 1. The van der Waals surface area contributed by atoms with Crippen LogP contribution in [0.25, 0.3) is 10.9 Å². The van der Waals surface area contributed by atoms with Gasteiger partial charge in [-0.15, -0.1) is 0 Å². The maximum atomic E-state index is 5.91. The summed E-state index contributed by atoms with van der Waals surface area (Å²) in [7, 11) is 1.60. The molecule has 2 aromatic carbocycles. The van der Waals surface area contributed by atoms with Crippen LogP contribution in [0.1, 0.15) is 5.56 Å². The maximum absolute atomic E-state index is 5.91. The largest absolute Gasteiger partial charge is 0.495 e. The van der Waals surface area contributed by atoms with Crippen LogP contribution >= 0.6 is 0 Å². The molecule has 3 aromatic rings. The van der Waals surface area contributed by atoms with E-state index in [9.17, 15) is 0 Å².